The molecule has 2 aliphatic rings. The van der Waals surface area contributed by atoms with Crippen molar-refractivity contribution in [3.8, 4) is 11.6 Å². The number of ether oxygens (including phenoxy) is 1. The summed E-state index contributed by atoms with van der Waals surface area (Å²) in [6, 6.07) is 7.88. The van der Waals surface area contributed by atoms with Crippen LogP contribution in [0, 0.1) is 6.92 Å². The third kappa shape index (κ3) is 4.83. The van der Waals surface area contributed by atoms with Crippen molar-refractivity contribution in [3.63, 3.8) is 0 Å². The molecular weight excluding hydrogens is 527 g/mol. The molecule has 2 amide bonds. The number of pyridine rings is 1. The van der Waals surface area contributed by atoms with E-state index < -0.39 is 40.2 Å². The Hall–Kier alpha value is -3.94. The predicted molar refractivity (Wildman–Crippen MR) is 128 cm³/mol. The molecular formula is C24H22F3N5O5S. The molecule has 0 saturated heterocycles. The third-order valence-corrected chi connectivity index (χ3v) is 6.98. The van der Waals surface area contributed by atoms with Gasteiger partial charge in [0.2, 0.25) is 10.0 Å². The van der Waals surface area contributed by atoms with Crippen LogP contribution in [0.3, 0.4) is 0 Å². The Morgan fingerprint density at radius 1 is 1.26 bits per heavy atom. The number of carbonyl (C=O) groups is 2. The lowest BCUT2D eigenvalue weighted by Gasteiger charge is -2.35. The predicted octanol–water partition coefficient (Wildman–Crippen LogP) is 2.33. The number of nitrogens with one attached hydrogen (secondary N) is 2. The van der Waals surface area contributed by atoms with E-state index in [1.54, 1.807) is 24.4 Å². The quantitative estimate of drug-likeness (QED) is 0.499. The first-order chi connectivity index (χ1) is 17.7. The second-order valence-electron chi connectivity index (χ2n) is 9.42. The second kappa shape index (κ2) is 8.82. The first-order valence-electron chi connectivity index (χ1n) is 11.5. The fourth-order valence-electron chi connectivity index (χ4n) is 4.91. The minimum Gasteiger partial charge on any atom is -0.484 e. The van der Waals surface area contributed by atoms with Crippen molar-refractivity contribution in [1.29, 1.82) is 0 Å². The van der Waals surface area contributed by atoms with Crippen molar-refractivity contribution < 1.29 is 35.9 Å². The third-order valence-electron chi connectivity index (χ3n) is 6.43. The molecule has 1 atom stereocenters. The number of benzene rings is 1. The number of nitrogens with zero attached hydrogens (tertiary/aromatic N) is 3. The lowest BCUT2D eigenvalue weighted by molar-refractivity contribution is -0.153. The maximum atomic E-state index is 13.5. The van der Waals surface area contributed by atoms with Gasteiger partial charge < -0.3 is 10.1 Å². The Balaban J connectivity index is 1.55. The highest BCUT2D eigenvalue weighted by atomic mass is 32.2. The van der Waals surface area contributed by atoms with Crippen LogP contribution in [0.2, 0.25) is 0 Å². The molecule has 1 aliphatic heterocycles. The Bertz CT molecular complexity index is 1570. The first-order valence-corrected chi connectivity index (χ1v) is 13.4. The lowest BCUT2D eigenvalue weighted by Crippen LogP contribution is -2.50. The molecule has 2 N–H and O–H groups in total. The minimum atomic E-state index is -4.47. The van der Waals surface area contributed by atoms with Gasteiger partial charge in [0.1, 0.15) is 11.4 Å². The van der Waals surface area contributed by atoms with Crippen LogP contribution in [-0.2, 0) is 28.4 Å². The first kappa shape index (κ1) is 25.7. The number of halogens is 3. The van der Waals surface area contributed by atoms with Crippen molar-refractivity contribution in [2.45, 2.75) is 37.9 Å². The zero-order chi connectivity index (χ0) is 27.5. The fraction of sp³-hybridized carbons (Fsp3) is 0.333. The molecule has 1 aliphatic carbocycles. The van der Waals surface area contributed by atoms with Gasteiger partial charge in [-0.1, -0.05) is 12.1 Å². The van der Waals surface area contributed by atoms with Crippen molar-refractivity contribution >= 4 is 21.8 Å². The van der Waals surface area contributed by atoms with E-state index >= 15 is 0 Å². The molecule has 10 nitrogen and oxygen atoms in total. The van der Waals surface area contributed by atoms with E-state index in [0.29, 0.717) is 18.4 Å². The van der Waals surface area contributed by atoms with Crippen LogP contribution < -0.4 is 14.8 Å². The number of carbonyl (C=O) groups excluding carboxylic acids is 2. The number of hydrogen-bond acceptors (Lipinski definition) is 7. The van der Waals surface area contributed by atoms with Crippen LogP contribution in [0.25, 0.3) is 5.82 Å². The van der Waals surface area contributed by atoms with Gasteiger partial charge in [-0.2, -0.15) is 18.3 Å². The molecule has 200 valence electrons. The van der Waals surface area contributed by atoms with Crippen LogP contribution in [-0.4, -0.2) is 54.0 Å². The molecule has 1 spiro atoms. The summed E-state index contributed by atoms with van der Waals surface area (Å²) in [5, 5.41) is 7.45. The zero-order valence-electron chi connectivity index (χ0n) is 20.2. The number of rotatable bonds is 5. The number of aryl methyl sites for hydroxylation is 2. The molecule has 0 fully saturated rings. The highest BCUT2D eigenvalue weighted by Gasteiger charge is 2.47. The summed E-state index contributed by atoms with van der Waals surface area (Å²) in [7, 11) is -3.95. The summed E-state index contributed by atoms with van der Waals surface area (Å²) in [4.78, 5) is 30.8. The Morgan fingerprint density at radius 2 is 2.03 bits per heavy atom. The Morgan fingerprint density at radius 3 is 2.68 bits per heavy atom. The maximum absolute atomic E-state index is 13.5. The Kier molecular flexibility index (Phi) is 5.97. The van der Waals surface area contributed by atoms with Gasteiger partial charge >= 0.3 is 6.18 Å². The van der Waals surface area contributed by atoms with Gasteiger partial charge in [-0.25, -0.2) is 22.8 Å². The van der Waals surface area contributed by atoms with Crippen molar-refractivity contribution in [3.05, 3.63) is 70.2 Å². The molecule has 38 heavy (non-hydrogen) atoms. The van der Waals surface area contributed by atoms with Gasteiger partial charge in [-0.3, -0.25) is 9.59 Å². The van der Waals surface area contributed by atoms with Crippen LogP contribution in [0.1, 0.15) is 49.7 Å². The molecule has 0 radical (unpaired) electrons. The summed E-state index contributed by atoms with van der Waals surface area (Å²) in [5.41, 5.74) is 1.28. The van der Waals surface area contributed by atoms with E-state index in [9.17, 15) is 31.2 Å². The Labute approximate surface area is 215 Å². The van der Waals surface area contributed by atoms with Crippen LogP contribution in [0.4, 0.5) is 13.2 Å². The number of sulfonamides is 1. The molecule has 0 unspecified atom stereocenters. The average Bonchev–Trinajstić information content (AvgIpc) is 3.36. The van der Waals surface area contributed by atoms with E-state index in [-0.39, 0.29) is 34.9 Å². The lowest BCUT2D eigenvalue weighted by atomic mass is 9.82. The fourth-order valence-corrected chi connectivity index (χ4v) is 5.34. The molecule has 3 heterocycles. The molecule has 5 rings (SSSR count). The van der Waals surface area contributed by atoms with E-state index in [2.05, 4.69) is 15.4 Å². The highest BCUT2D eigenvalue weighted by Crippen LogP contribution is 2.44. The number of amides is 2. The van der Waals surface area contributed by atoms with Gasteiger partial charge in [0.15, 0.2) is 12.4 Å². The summed E-state index contributed by atoms with van der Waals surface area (Å²) in [6.45, 7) is 0.399. The van der Waals surface area contributed by atoms with E-state index in [0.717, 1.165) is 22.1 Å². The van der Waals surface area contributed by atoms with E-state index in [1.807, 2.05) is 11.6 Å². The van der Waals surface area contributed by atoms with Gasteiger partial charge in [-0.05, 0) is 54.7 Å². The van der Waals surface area contributed by atoms with E-state index in [4.69, 9.17) is 4.74 Å². The summed E-state index contributed by atoms with van der Waals surface area (Å²) < 4.78 is 69.2. The van der Waals surface area contributed by atoms with Crippen LogP contribution in [0.15, 0.2) is 36.5 Å². The second-order valence-corrected chi connectivity index (χ2v) is 11.2. The van der Waals surface area contributed by atoms with Crippen molar-refractivity contribution in [1.82, 2.24) is 24.8 Å². The molecule has 0 saturated carbocycles. The highest BCUT2D eigenvalue weighted by molar-refractivity contribution is 7.89. The van der Waals surface area contributed by atoms with Crippen LogP contribution >= 0.6 is 0 Å². The minimum absolute atomic E-state index is 0.0652. The number of fused-ring (bicyclic) bond motifs is 3. The number of hydrogen-bond donors (Lipinski definition) is 2. The normalized spacial score (nSPS) is 18.6. The van der Waals surface area contributed by atoms with Gasteiger partial charge in [0.25, 0.3) is 11.8 Å². The standard InChI is InChI=1S/C24H22F3N5O5S/c1-13-3-6-18(28-11-13)32-20(22(34)31-38(2,35)36)19-17(30-32)10-23(29-21(19)33)8-7-14-9-15(4-5-16(14)23)37-12-24(25,26)27/h3-6,9,11H,7-8,10,12H2,1-2H3,(H,29,33)(H,31,34)/t23-/m0/s1. The molecule has 2 aromatic heterocycles. The molecule has 1 aromatic carbocycles. The number of alkyl halides is 3. The molecule has 3 aromatic rings. The van der Waals surface area contributed by atoms with Crippen molar-refractivity contribution in [2.75, 3.05) is 12.9 Å². The van der Waals surface area contributed by atoms with Gasteiger partial charge in [0, 0.05) is 12.6 Å². The largest absolute Gasteiger partial charge is 0.484 e. The van der Waals surface area contributed by atoms with E-state index in [1.165, 1.54) is 12.1 Å². The number of aromatic nitrogens is 3. The average molecular weight is 550 g/mol. The smallest absolute Gasteiger partial charge is 0.422 e. The van der Waals surface area contributed by atoms with Crippen LogP contribution in [0.5, 0.6) is 5.75 Å². The summed E-state index contributed by atoms with van der Waals surface area (Å²) >= 11 is 0. The molecule has 14 heteroatoms. The van der Waals surface area contributed by atoms with Gasteiger partial charge in [-0.15, -0.1) is 0 Å². The maximum Gasteiger partial charge on any atom is 0.422 e. The van der Waals surface area contributed by atoms with Gasteiger partial charge in [0.05, 0.1) is 23.1 Å². The zero-order valence-corrected chi connectivity index (χ0v) is 21.0. The SMILES string of the molecule is Cc1ccc(-n2nc3c(c2C(=O)NS(C)(=O)=O)C(=O)N[C@@]2(CCc4cc(OCC(F)(F)F)ccc42)C3)nc1. The summed E-state index contributed by atoms with van der Waals surface area (Å²) in [6.07, 6.45) is -1.03. The molecule has 0 bridgehead atoms. The summed E-state index contributed by atoms with van der Waals surface area (Å²) in [5.74, 6) is -1.39. The monoisotopic (exact) mass is 549 g/mol. The topological polar surface area (TPSA) is 132 Å². The van der Waals surface area contributed by atoms with Crippen molar-refractivity contribution in [2.24, 2.45) is 0 Å².